The Morgan fingerprint density at radius 1 is 1.15 bits per heavy atom. The second-order valence-electron chi connectivity index (χ2n) is 9.29. The molecule has 1 rings (SSSR count). The smallest absolute Gasteiger partial charge is 0.331 e. The first kappa shape index (κ1) is 29.1. The van der Waals surface area contributed by atoms with Crippen LogP contribution in [-0.2, 0) is 14.3 Å². The van der Waals surface area contributed by atoms with Gasteiger partial charge in [-0.1, -0.05) is 75.7 Å². The van der Waals surface area contributed by atoms with E-state index in [4.69, 9.17) is 9.84 Å². The number of cyclic esters (lactones) is 1. The van der Waals surface area contributed by atoms with Gasteiger partial charge in [0, 0.05) is 18.9 Å². The number of hydrogen-bond acceptors (Lipinski definition) is 5. The molecule has 0 saturated carbocycles. The maximum atomic E-state index is 12.5. The standard InChI is InChI=1S/C27H44O6/c1-3-4-5-6-7-8-12-15-23(28)19-25-20-24(29)16-21(2)13-10-9-11-14-22(17-26(30)31)18-27(32)33-25/h9,11,13,18,23-25,28-29H,3-8,10,12,14-17,19-20H2,1-2H3,(H,30,31)/b11-9+,21-13+,22-18+/t23-,24-,25+/m0/s1. The number of carboxylic acid groups (broad SMARTS) is 1. The lowest BCUT2D eigenvalue weighted by atomic mass is 9.97. The van der Waals surface area contributed by atoms with Gasteiger partial charge < -0.3 is 20.1 Å². The maximum Gasteiger partial charge on any atom is 0.331 e. The van der Waals surface area contributed by atoms with Crippen LogP contribution in [0.2, 0.25) is 0 Å². The van der Waals surface area contributed by atoms with Crippen LogP contribution in [0.1, 0.15) is 104 Å². The number of esters is 1. The molecule has 0 aromatic rings. The second kappa shape index (κ2) is 17.5. The Labute approximate surface area is 199 Å². The van der Waals surface area contributed by atoms with E-state index in [9.17, 15) is 19.8 Å². The van der Waals surface area contributed by atoms with Crippen LogP contribution in [0.5, 0.6) is 0 Å². The van der Waals surface area contributed by atoms with E-state index >= 15 is 0 Å². The summed E-state index contributed by atoms with van der Waals surface area (Å²) in [6.07, 6.45) is 15.7. The van der Waals surface area contributed by atoms with Gasteiger partial charge >= 0.3 is 11.9 Å². The van der Waals surface area contributed by atoms with Crippen molar-refractivity contribution in [1.29, 1.82) is 0 Å². The van der Waals surface area contributed by atoms with Crippen LogP contribution in [0, 0.1) is 0 Å². The molecule has 3 N–H and O–H groups in total. The van der Waals surface area contributed by atoms with E-state index in [0.29, 0.717) is 31.3 Å². The molecule has 3 atom stereocenters. The summed E-state index contributed by atoms with van der Waals surface area (Å²) >= 11 is 0. The molecule has 0 aromatic carbocycles. The Bertz CT molecular complexity index is 664. The maximum absolute atomic E-state index is 12.5. The minimum Gasteiger partial charge on any atom is -0.481 e. The molecule has 1 heterocycles. The van der Waals surface area contributed by atoms with Gasteiger partial charge in [-0.25, -0.2) is 4.79 Å². The summed E-state index contributed by atoms with van der Waals surface area (Å²) in [5.74, 6) is -1.62. The van der Waals surface area contributed by atoms with Gasteiger partial charge in [-0.15, -0.1) is 0 Å². The average molecular weight is 465 g/mol. The third-order valence-electron chi connectivity index (χ3n) is 5.90. The van der Waals surface area contributed by atoms with E-state index in [-0.39, 0.29) is 19.3 Å². The zero-order chi connectivity index (χ0) is 24.5. The topological polar surface area (TPSA) is 104 Å². The van der Waals surface area contributed by atoms with E-state index in [0.717, 1.165) is 18.4 Å². The van der Waals surface area contributed by atoms with Gasteiger partial charge in [0.05, 0.1) is 18.6 Å². The lowest BCUT2D eigenvalue weighted by Gasteiger charge is -2.23. The molecule has 1 aliphatic rings. The van der Waals surface area contributed by atoms with Crippen LogP contribution in [0.4, 0.5) is 0 Å². The monoisotopic (exact) mass is 464 g/mol. The Balaban J connectivity index is 2.74. The normalized spacial score (nSPS) is 25.6. The van der Waals surface area contributed by atoms with E-state index in [2.05, 4.69) is 6.92 Å². The Hall–Kier alpha value is -1.92. The highest BCUT2D eigenvalue weighted by Crippen LogP contribution is 2.20. The van der Waals surface area contributed by atoms with Crippen molar-refractivity contribution < 1.29 is 29.6 Å². The summed E-state index contributed by atoms with van der Waals surface area (Å²) in [6, 6.07) is 0. The van der Waals surface area contributed by atoms with Crippen molar-refractivity contribution in [2.45, 2.75) is 122 Å². The number of carbonyl (C=O) groups excluding carboxylic acids is 1. The molecule has 1 aliphatic heterocycles. The Kier molecular flexibility index (Phi) is 15.5. The molecule has 6 heteroatoms. The second-order valence-corrected chi connectivity index (χ2v) is 9.29. The van der Waals surface area contributed by atoms with E-state index < -0.39 is 30.3 Å². The molecule has 0 bridgehead atoms. The molecule has 33 heavy (non-hydrogen) atoms. The van der Waals surface area contributed by atoms with Crippen molar-refractivity contribution in [3.63, 3.8) is 0 Å². The number of unbranched alkanes of at least 4 members (excludes halogenated alkanes) is 6. The molecule has 0 spiro atoms. The van der Waals surface area contributed by atoms with Gasteiger partial charge in [-0.3, -0.25) is 4.79 Å². The van der Waals surface area contributed by atoms with Crippen LogP contribution in [0.3, 0.4) is 0 Å². The summed E-state index contributed by atoms with van der Waals surface area (Å²) in [5.41, 5.74) is 1.50. The number of carbonyl (C=O) groups is 2. The van der Waals surface area contributed by atoms with Crippen molar-refractivity contribution in [1.82, 2.24) is 0 Å². The van der Waals surface area contributed by atoms with Crippen LogP contribution >= 0.6 is 0 Å². The highest BCUT2D eigenvalue weighted by molar-refractivity contribution is 5.84. The summed E-state index contributed by atoms with van der Waals surface area (Å²) in [5, 5.41) is 30.2. The zero-order valence-electron chi connectivity index (χ0n) is 20.5. The number of carboxylic acids is 1. The lowest BCUT2D eigenvalue weighted by molar-refractivity contribution is -0.146. The minimum atomic E-state index is -1.00. The zero-order valence-corrected chi connectivity index (χ0v) is 20.5. The Morgan fingerprint density at radius 3 is 2.55 bits per heavy atom. The Morgan fingerprint density at radius 2 is 1.85 bits per heavy atom. The van der Waals surface area contributed by atoms with Gasteiger partial charge in [0.2, 0.25) is 0 Å². The van der Waals surface area contributed by atoms with Crippen molar-refractivity contribution >= 4 is 11.9 Å². The average Bonchev–Trinajstić information content (AvgIpc) is 2.71. The van der Waals surface area contributed by atoms with Gasteiger partial charge in [-0.05, 0) is 38.2 Å². The summed E-state index contributed by atoms with van der Waals surface area (Å²) in [4.78, 5) is 23.7. The predicted octanol–water partition coefficient (Wildman–Crippen LogP) is 5.63. The van der Waals surface area contributed by atoms with Crippen LogP contribution in [0.15, 0.2) is 35.5 Å². The van der Waals surface area contributed by atoms with Crippen LogP contribution < -0.4 is 0 Å². The quantitative estimate of drug-likeness (QED) is 0.196. The molecular weight excluding hydrogens is 420 g/mol. The highest BCUT2D eigenvalue weighted by atomic mass is 16.5. The van der Waals surface area contributed by atoms with E-state index in [1.807, 2.05) is 25.2 Å². The molecule has 0 radical (unpaired) electrons. The molecule has 6 nitrogen and oxygen atoms in total. The molecule has 0 unspecified atom stereocenters. The fraction of sp³-hybridized carbons (Fsp3) is 0.704. The number of ether oxygens (including phenoxy) is 1. The first-order valence-electron chi connectivity index (χ1n) is 12.6. The van der Waals surface area contributed by atoms with E-state index in [1.54, 1.807) is 0 Å². The van der Waals surface area contributed by atoms with Gasteiger partial charge in [0.15, 0.2) is 0 Å². The molecule has 188 valence electrons. The largest absolute Gasteiger partial charge is 0.481 e. The number of allylic oxidation sites excluding steroid dienone is 3. The van der Waals surface area contributed by atoms with Crippen molar-refractivity contribution in [2.24, 2.45) is 0 Å². The predicted molar refractivity (Wildman–Crippen MR) is 131 cm³/mol. The molecule has 0 fully saturated rings. The minimum absolute atomic E-state index is 0.234. The van der Waals surface area contributed by atoms with Crippen molar-refractivity contribution in [3.8, 4) is 0 Å². The third-order valence-corrected chi connectivity index (χ3v) is 5.90. The molecule has 0 aromatic heterocycles. The van der Waals surface area contributed by atoms with Gasteiger partial charge in [0.25, 0.3) is 0 Å². The first-order chi connectivity index (χ1) is 15.8. The number of hydrogen-bond donors (Lipinski definition) is 3. The van der Waals surface area contributed by atoms with E-state index in [1.165, 1.54) is 38.2 Å². The molecular formula is C27H44O6. The number of aliphatic carboxylic acids is 1. The SMILES string of the molecule is CCCCCCCCC[C@H](O)C[C@@H]1C[C@@H](O)C/C(C)=C/C/C=C/C/C(CC(=O)O)=C\C(=O)O1. The molecule has 0 amide bonds. The van der Waals surface area contributed by atoms with Crippen LogP contribution in [-0.4, -0.2) is 45.6 Å². The fourth-order valence-corrected chi connectivity index (χ4v) is 4.13. The molecule has 0 saturated heterocycles. The molecule has 0 aliphatic carbocycles. The highest BCUT2D eigenvalue weighted by Gasteiger charge is 2.22. The summed E-state index contributed by atoms with van der Waals surface area (Å²) in [7, 11) is 0. The van der Waals surface area contributed by atoms with Crippen LogP contribution in [0.25, 0.3) is 0 Å². The van der Waals surface area contributed by atoms with Gasteiger partial charge in [-0.2, -0.15) is 0 Å². The summed E-state index contributed by atoms with van der Waals surface area (Å²) in [6.45, 7) is 4.15. The first-order valence-corrected chi connectivity index (χ1v) is 12.6. The lowest BCUT2D eigenvalue weighted by Crippen LogP contribution is -2.28. The fourth-order valence-electron chi connectivity index (χ4n) is 4.13. The van der Waals surface area contributed by atoms with Crippen molar-refractivity contribution in [3.05, 3.63) is 35.5 Å². The summed E-state index contributed by atoms with van der Waals surface area (Å²) < 4.78 is 5.58. The van der Waals surface area contributed by atoms with Crippen molar-refractivity contribution in [2.75, 3.05) is 0 Å². The number of rotatable bonds is 12. The number of aliphatic hydroxyl groups is 2. The third kappa shape index (κ3) is 15.5. The number of aliphatic hydroxyl groups excluding tert-OH is 2. The van der Waals surface area contributed by atoms with Gasteiger partial charge in [0.1, 0.15) is 6.10 Å².